The van der Waals surface area contributed by atoms with E-state index in [1.54, 1.807) is 0 Å². The molecule has 4 nitrogen and oxygen atoms in total. The van der Waals surface area contributed by atoms with Crippen molar-refractivity contribution in [2.24, 2.45) is 0 Å². The lowest BCUT2D eigenvalue weighted by atomic mass is 10.0. The number of ether oxygens (including phenoxy) is 1. The van der Waals surface area contributed by atoms with Crippen molar-refractivity contribution in [1.29, 1.82) is 0 Å². The number of hydrogen-bond donors (Lipinski definition) is 2. The monoisotopic (exact) mass is 287 g/mol. The highest BCUT2D eigenvalue weighted by atomic mass is 16.5. The quantitative estimate of drug-likeness (QED) is 0.638. The number of nitrogens with zero attached hydrogens (tertiary/aromatic N) is 1. The number of likely N-dealkylation sites (tertiary alicyclic amines) is 1. The maximum atomic E-state index is 10.1. The molecule has 4 heteroatoms. The van der Waals surface area contributed by atoms with Crippen LogP contribution in [-0.2, 0) is 4.74 Å². The standard InChI is InChI=1S/C16H33NO3/c1-3-4-10-20-13-16(19)12-17-9-7-5-6-8-15(17)11-14(2)18/h14-16,18-19H,3-13H2,1-2H3. The van der Waals surface area contributed by atoms with Gasteiger partial charge in [0.15, 0.2) is 0 Å². The normalized spacial score (nSPS) is 24.3. The molecular weight excluding hydrogens is 254 g/mol. The minimum atomic E-state index is -0.415. The van der Waals surface area contributed by atoms with Gasteiger partial charge in [0.1, 0.15) is 0 Å². The summed E-state index contributed by atoms with van der Waals surface area (Å²) in [5, 5.41) is 19.8. The first-order chi connectivity index (χ1) is 9.63. The van der Waals surface area contributed by atoms with Gasteiger partial charge in [-0.3, -0.25) is 4.90 Å². The summed E-state index contributed by atoms with van der Waals surface area (Å²) in [6.45, 7) is 6.86. The molecule has 1 aliphatic rings. The summed E-state index contributed by atoms with van der Waals surface area (Å²) in [6, 6.07) is 0.405. The van der Waals surface area contributed by atoms with Gasteiger partial charge < -0.3 is 14.9 Å². The molecule has 1 fully saturated rings. The average Bonchev–Trinajstić information content (AvgIpc) is 2.60. The van der Waals surface area contributed by atoms with Crippen molar-refractivity contribution >= 4 is 0 Å². The van der Waals surface area contributed by atoms with Crippen molar-refractivity contribution in [3.8, 4) is 0 Å². The van der Waals surface area contributed by atoms with Crippen molar-refractivity contribution in [2.75, 3.05) is 26.3 Å². The molecule has 120 valence electrons. The largest absolute Gasteiger partial charge is 0.393 e. The summed E-state index contributed by atoms with van der Waals surface area (Å²) in [7, 11) is 0. The highest BCUT2D eigenvalue weighted by Crippen LogP contribution is 2.20. The maximum absolute atomic E-state index is 10.1. The Balaban J connectivity index is 2.35. The first kappa shape index (κ1) is 17.9. The molecule has 0 amide bonds. The lowest BCUT2D eigenvalue weighted by Gasteiger charge is -2.32. The molecular formula is C16H33NO3. The fourth-order valence-electron chi connectivity index (χ4n) is 2.93. The Bertz CT molecular complexity index is 236. The van der Waals surface area contributed by atoms with Gasteiger partial charge in [0.05, 0.1) is 18.8 Å². The molecule has 0 aliphatic carbocycles. The van der Waals surface area contributed by atoms with E-state index in [0.717, 1.165) is 38.8 Å². The topological polar surface area (TPSA) is 52.9 Å². The second-order valence-electron chi connectivity index (χ2n) is 6.17. The van der Waals surface area contributed by atoms with Crippen LogP contribution in [0.5, 0.6) is 0 Å². The number of aliphatic hydroxyl groups is 2. The number of β-amino-alcohol motifs (C(OH)–C–C–N with tert-alkyl or cyclic N) is 1. The molecule has 20 heavy (non-hydrogen) atoms. The fourth-order valence-corrected chi connectivity index (χ4v) is 2.93. The van der Waals surface area contributed by atoms with E-state index in [4.69, 9.17) is 4.74 Å². The molecule has 0 saturated carbocycles. The first-order valence-electron chi connectivity index (χ1n) is 8.31. The van der Waals surface area contributed by atoms with Crippen LogP contribution in [0, 0.1) is 0 Å². The van der Waals surface area contributed by atoms with Gasteiger partial charge in [-0.15, -0.1) is 0 Å². The van der Waals surface area contributed by atoms with Crippen molar-refractivity contribution in [3.63, 3.8) is 0 Å². The van der Waals surface area contributed by atoms with Crippen molar-refractivity contribution in [1.82, 2.24) is 4.90 Å². The van der Waals surface area contributed by atoms with Crippen LogP contribution >= 0.6 is 0 Å². The summed E-state index contributed by atoms with van der Waals surface area (Å²) in [4.78, 5) is 2.35. The molecule has 0 bridgehead atoms. The van der Waals surface area contributed by atoms with Crippen LogP contribution < -0.4 is 0 Å². The maximum Gasteiger partial charge on any atom is 0.0900 e. The minimum Gasteiger partial charge on any atom is -0.393 e. The van der Waals surface area contributed by atoms with E-state index in [0.29, 0.717) is 19.2 Å². The van der Waals surface area contributed by atoms with Crippen LogP contribution in [0.1, 0.15) is 58.8 Å². The van der Waals surface area contributed by atoms with Gasteiger partial charge in [-0.1, -0.05) is 26.2 Å². The summed E-state index contributed by atoms with van der Waals surface area (Å²) >= 11 is 0. The van der Waals surface area contributed by atoms with Crippen LogP contribution in [0.15, 0.2) is 0 Å². The van der Waals surface area contributed by atoms with E-state index in [9.17, 15) is 10.2 Å². The Morgan fingerprint density at radius 2 is 2.05 bits per heavy atom. The SMILES string of the molecule is CCCCOCC(O)CN1CCCCCC1CC(C)O. The molecule has 0 spiro atoms. The Morgan fingerprint density at radius 3 is 2.75 bits per heavy atom. The zero-order valence-corrected chi connectivity index (χ0v) is 13.3. The van der Waals surface area contributed by atoms with Gasteiger partial charge >= 0.3 is 0 Å². The lowest BCUT2D eigenvalue weighted by molar-refractivity contribution is 0.00305. The zero-order chi connectivity index (χ0) is 14.8. The Morgan fingerprint density at radius 1 is 1.25 bits per heavy atom. The number of hydrogen-bond acceptors (Lipinski definition) is 4. The van der Waals surface area contributed by atoms with Crippen LogP contribution in [0.25, 0.3) is 0 Å². The molecule has 1 heterocycles. The van der Waals surface area contributed by atoms with Gasteiger partial charge in [0, 0.05) is 19.2 Å². The highest BCUT2D eigenvalue weighted by Gasteiger charge is 2.24. The van der Waals surface area contributed by atoms with Gasteiger partial charge in [-0.2, -0.15) is 0 Å². The Labute approximate surface area is 124 Å². The first-order valence-corrected chi connectivity index (χ1v) is 8.31. The molecule has 1 rings (SSSR count). The van der Waals surface area contributed by atoms with Crippen molar-refractivity contribution in [2.45, 2.75) is 77.0 Å². The van der Waals surface area contributed by atoms with Crippen molar-refractivity contribution in [3.05, 3.63) is 0 Å². The summed E-state index contributed by atoms with van der Waals surface area (Å²) in [5.74, 6) is 0. The average molecular weight is 287 g/mol. The summed E-state index contributed by atoms with van der Waals surface area (Å²) in [6.07, 6.45) is 7.13. The highest BCUT2D eigenvalue weighted by molar-refractivity contribution is 4.79. The smallest absolute Gasteiger partial charge is 0.0900 e. The second kappa shape index (κ2) is 10.6. The fraction of sp³-hybridized carbons (Fsp3) is 1.00. The predicted molar refractivity (Wildman–Crippen MR) is 81.9 cm³/mol. The second-order valence-corrected chi connectivity index (χ2v) is 6.17. The van der Waals surface area contributed by atoms with Gasteiger partial charge in [-0.05, 0) is 39.2 Å². The van der Waals surface area contributed by atoms with E-state index < -0.39 is 6.10 Å². The molecule has 3 atom stereocenters. The van der Waals surface area contributed by atoms with Crippen LogP contribution in [0.3, 0.4) is 0 Å². The molecule has 0 aromatic heterocycles. The molecule has 2 N–H and O–H groups in total. The molecule has 3 unspecified atom stereocenters. The summed E-state index contributed by atoms with van der Waals surface area (Å²) < 4.78 is 5.50. The Hall–Kier alpha value is -0.160. The number of unbranched alkanes of at least 4 members (excludes halogenated alkanes) is 1. The van der Waals surface area contributed by atoms with Gasteiger partial charge in [-0.25, -0.2) is 0 Å². The van der Waals surface area contributed by atoms with E-state index in [-0.39, 0.29) is 6.10 Å². The Kier molecular flexibility index (Phi) is 9.44. The van der Waals surface area contributed by atoms with Crippen molar-refractivity contribution < 1.29 is 14.9 Å². The van der Waals surface area contributed by atoms with Gasteiger partial charge in [0.2, 0.25) is 0 Å². The number of aliphatic hydroxyl groups excluding tert-OH is 2. The molecule has 1 aliphatic heterocycles. The zero-order valence-electron chi connectivity index (χ0n) is 13.3. The lowest BCUT2D eigenvalue weighted by Crippen LogP contribution is -2.42. The van der Waals surface area contributed by atoms with E-state index >= 15 is 0 Å². The van der Waals surface area contributed by atoms with E-state index in [1.165, 1.54) is 19.3 Å². The summed E-state index contributed by atoms with van der Waals surface area (Å²) in [5.41, 5.74) is 0. The van der Waals surface area contributed by atoms with Crippen LogP contribution in [-0.4, -0.2) is 59.7 Å². The van der Waals surface area contributed by atoms with E-state index in [1.807, 2.05) is 6.92 Å². The predicted octanol–water partition coefficient (Wildman–Crippen LogP) is 2.18. The number of rotatable bonds is 9. The third-order valence-electron chi connectivity index (χ3n) is 4.01. The molecule has 0 radical (unpaired) electrons. The molecule has 1 saturated heterocycles. The molecule has 0 aromatic rings. The third-order valence-corrected chi connectivity index (χ3v) is 4.01. The van der Waals surface area contributed by atoms with Crippen LogP contribution in [0.4, 0.5) is 0 Å². The minimum absolute atomic E-state index is 0.265. The third kappa shape index (κ3) is 7.58. The van der Waals surface area contributed by atoms with Gasteiger partial charge in [0.25, 0.3) is 0 Å². The van der Waals surface area contributed by atoms with Crippen LogP contribution in [0.2, 0.25) is 0 Å². The molecule has 0 aromatic carbocycles. The van der Waals surface area contributed by atoms with E-state index in [2.05, 4.69) is 11.8 Å².